The van der Waals surface area contributed by atoms with E-state index in [0.717, 1.165) is 5.56 Å². The van der Waals surface area contributed by atoms with E-state index >= 15 is 0 Å². The Morgan fingerprint density at radius 2 is 2.19 bits per heavy atom. The van der Waals surface area contributed by atoms with Crippen LogP contribution < -0.4 is 4.74 Å². The Morgan fingerprint density at radius 1 is 1.50 bits per heavy atom. The monoisotopic (exact) mass is 224 g/mol. The van der Waals surface area contributed by atoms with Crippen LogP contribution in [0.25, 0.3) is 0 Å². The normalized spacial score (nSPS) is 12.2. The van der Waals surface area contributed by atoms with Crippen LogP contribution in [0.15, 0.2) is 18.2 Å². The summed E-state index contributed by atoms with van der Waals surface area (Å²) in [6.45, 7) is 3.55. The number of hydrogen-bond acceptors (Lipinski definition) is 2. The SMILES string of the molecule is COc1ccc(F)cc1CC(C)CC(C)=O. The number of ketones is 1. The second-order valence-electron chi connectivity index (χ2n) is 4.17. The Bertz CT molecular complexity index is 374. The van der Waals surface area contributed by atoms with Gasteiger partial charge in [-0.1, -0.05) is 6.92 Å². The minimum atomic E-state index is -0.272. The summed E-state index contributed by atoms with van der Waals surface area (Å²) in [6, 6.07) is 4.46. The van der Waals surface area contributed by atoms with Crippen LogP contribution in [0.2, 0.25) is 0 Å². The van der Waals surface area contributed by atoms with Crippen molar-refractivity contribution < 1.29 is 13.9 Å². The van der Waals surface area contributed by atoms with E-state index in [4.69, 9.17) is 4.74 Å². The number of ether oxygens (including phenoxy) is 1. The van der Waals surface area contributed by atoms with Gasteiger partial charge in [-0.25, -0.2) is 4.39 Å². The van der Waals surface area contributed by atoms with Crippen molar-refractivity contribution in [3.8, 4) is 5.75 Å². The van der Waals surface area contributed by atoms with Gasteiger partial charge in [-0.05, 0) is 43.0 Å². The van der Waals surface area contributed by atoms with E-state index < -0.39 is 0 Å². The molecule has 1 atom stereocenters. The van der Waals surface area contributed by atoms with Crippen molar-refractivity contribution >= 4 is 5.78 Å². The third-order valence-electron chi connectivity index (χ3n) is 2.45. The molecule has 2 nitrogen and oxygen atoms in total. The Hall–Kier alpha value is -1.38. The molecule has 0 N–H and O–H groups in total. The van der Waals surface area contributed by atoms with Crippen LogP contribution in [0, 0.1) is 11.7 Å². The maximum Gasteiger partial charge on any atom is 0.130 e. The second kappa shape index (κ2) is 5.64. The topological polar surface area (TPSA) is 26.3 Å². The largest absolute Gasteiger partial charge is 0.496 e. The first-order valence-corrected chi connectivity index (χ1v) is 5.34. The Balaban J connectivity index is 2.78. The molecule has 3 heteroatoms. The maximum atomic E-state index is 13.1. The van der Waals surface area contributed by atoms with Gasteiger partial charge in [-0.15, -0.1) is 0 Å². The molecule has 0 aliphatic carbocycles. The summed E-state index contributed by atoms with van der Waals surface area (Å²) in [5, 5.41) is 0. The lowest BCUT2D eigenvalue weighted by atomic mass is 9.96. The van der Waals surface area contributed by atoms with E-state index in [1.807, 2.05) is 6.92 Å². The molecule has 0 heterocycles. The summed E-state index contributed by atoms with van der Waals surface area (Å²) in [6.07, 6.45) is 1.17. The highest BCUT2D eigenvalue weighted by atomic mass is 19.1. The van der Waals surface area contributed by atoms with E-state index in [0.29, 0.717) is 18.6 Å². The van der Waals surface area contributed by atoms with Gasteiger partial charge in [0.2, 0.25) is 0 Å². The predicted molar refractivity (Wildman–Crippen MR) is 61.1 cm³/mol. The zero-order valence-electron chi connectivity index (χ0n) is 9.92. The van der Waals surface area contributed by atoms with Crippen LogP contribution in [0.4, 0.5) is 4.39 Å². The lowest BCUT2D eigenvalue weighted by Gasteiger charge is -2.12. The van der Waals surface area contributed by atoms with Crippen molar-refractivity contribution in [1.82, 2.24) is 0 Å². The first kappa shape index (κ1) is 12.7. The molecular weight excluding hydrogens is 207 g/mol. The molecule has 0 saturated carbocycles. The summed E-state index contributed by atoms with van der Waals surface area (Å²) in [5.74, 6) is 0.763. The molecule has 0 spiro atoms. The highest BCUT2D eigenvalue weighted by Gasteiger charge is 2.11. The zero-order chi connectivity index (χ0) is 12.1. The number of rotatable bonds is 5. The molecule has 0 bridgehead atoms. The van der Waals surface area contributed by atoms with Crippen molar-refractivity contribution in [2.75, 3.05) is 7.11 Å². The number of halogens is 1. The van der Waals surface area contributed by atoms with Crippen LogP contribution in [-0.4, -0.2) is 12.9 Å². The standard InChI is InChI=1S/C13H17FO2/c1-9(6-10(2)15)7-11-8-12(14)4-5-13(11)16-3/h4-5,8-9H,6-7H2,1-3H3. The van der Waals surface area contributed by atoms with E-state index in [9.17, 15) is 9.18 Å². The molecule has 1 aromatic carbocycles. The highest BCUT2D eigenvalue weighted by molar-refractivity contribution is 5.75. The van der Waals surface area contributed by atoms with E-state index in [1.54, 1.807) is 20.1 Å². The number of carbonyl (C=O) groups is 1. The molecule has 0 fully saturated rings. The smallest absolute Gasteiger partial charge is 0.130 e. The van der Waals surface area contributed by atoms with E-state index in [1.165, 1.54) is 12.1 Å². The lowest BCUT2D eigenvalue weighted by molar-refractivity contribution is -0.117. The van der Waals surface area contributed by atoms with Crippen LogP contribution in [-0.2, 0) is 11.2 Å². The highest BCUT2D eigenvalue weighted by Crippen LogP contribution is 2.23. The minimum Gasteiger partial charge on any atom is -0.496 e. The number of benzene rings is 1. The van der Waals surface area contributed by atoms with Crippen molar-refractivity contribution in [3.05, 3.63) is 29.6 Å². The summed E-state index contributed by atoms with van der Waals surface area (Å²) in [5.41, 5.74) is 0.816. The van der Waals surface area contributed by atoms with E-state index in [2.05, 4.69) is 0 Å². The molecule has 16 heavy (non-hydrogen) atoms. The van der Waals surface area contributed by atoms with E-state index in [-0.39, 0.29) is 17.5 Å². The molecular formula is C13H17FO2. The third kappa shape index (κ3) is 3.65. The number of carbonyl (C=O) groups excluding carboxylic acids is 1. The Kier molecular flexibility index (Phi) is 4.47. The fourth-order valence-electron chi connectivity index (χ4n) is 1.84. The van der Waals surface area contributed by atoms with Crippen molar-refractivity contribution in [1.29, 1.82) is 0 Å². The molecule has 0 saturated heterocycles. The van der Waals surface area contributed by atoms with Crippen molar-refractivity contribution in [3.63, 3.8) is 0 Å². The molecule has 1 aromatic rings. The number of hydrogen-bond donors (Lipinski definition) is 0. The first-order valence-electron chi connectivity index (χ1n) is 5.34. The van der Waals surface area contributed by atoms with Gasteiger partial charge in [0.05, 0.1) is 7.11 Å². The van der Waals surface area contributed by atoms with Crippen molar-refractivity contribution in [2.24, 2.45) is 5.92 Å². The lowest BCUT2D eigenvalue weighted by Crippen LogP contribution is -2.06. The van der Waals surface area contributed by atoms with Gasteiger partial charge < -0.3 is 9.53 Å². The fourth-order valence-corrected chi connectivity index (χ4v) is 1.84. The van der Waals surface area contributed by atoms with Crippen molar-refractivity contribution in [2.45, 2.75) is 26.7 Å². The van der Waals surface area contributed by atoms with Crippen LogP contribution in [0.5, 0.6) is 5.75 Å². The molecule has 0 amide bonds. The van der Waals surface area contributed by atoms with Crippen LogP contribution in [0.3, 0.4) is 0 Å². The summed E-state index contributed by atoms with van der Waals surface area (Å²) in [4.78, 5) is 11.0. The van der Waals surface area contributed by atoms with Gasteiger partial charge in [0.15, 0.2) is 0 Å². The maximum absolute atomic E-state index is 13.1. The van der Waals surface area contributed by atoms with Gasteiger partial charge in [-0.3, -0.25) is 0 Å². The quantitative estimate of drug-likeness (QED) is 0.768. The molecule has 0 aliphatic heterocycles. The van der Waals surface area contributed by atoms with Crippen LogP contribution in [0.1, 0.15) is 25.8 Å². The number of methoxy groups -OCH3 is 1. The van der Waals surface area contributed by atoms with Gasteiger partial charge in [0.1, 0.15) is 17.3 Å². The average molecular weight is 224 g/mol. The molecule has 0 aliphatic rings. The Labute approximate surface area is 95.4 Å². The summed E-state index contributed by atoms with van der Waals surface area (Å²) in [7, 11) is 1.56. The molecule has 88 valence electrons. The first-order chi connectivity index (χ1) is 7.52. The average Bonchev–Trinajstić information content (AvgIpc) is 2.16. The summed E-state index contributed by atoms with van der Waals surface area (Å²) >= 11 is 0. The van der Waals surface area contributed by atoms with Crippen LogP contribution >= 0.6 is 0 Å². The fraction of sp³-hybridized carbons (Fsp3) is 0.462. The predicted octanol–water partition coefficient (Wildman–Crippen LogP) is 2.99. The van der Waals surface area contributed by atoms with Gasteiger partial charge in [0.25, 0.3) is 0 Å². The van der Waals surface area contributed by atoms with Gasteiger partial charge >= 0.3 is 0 Å². The second-order valence-corrected chi connectivity index (χ2v) is 4.17. The van der Waals surface area contributed by atoms with Gasteiger partial charge in [0, 0.05) is 6.42 Å². The molecule has 0 aromatic heterocycles. The Morgan fingerprint density at radius 3 is 2.75 bits per heavy atom. The third-order valence-corrected chi connectivity index (χ3v) is 2.45. The minimum absolute atomic E-state index is 0.155. The molecule has 0 radical (unpaired) electrons. The number of Topliss-reactive ketones (excluding diaryl/α,β-unsaturated/α-hetero) is 1. The summed E-state index contributed by atoms with van der Waals surface area (Å²) < 4.78 is 18.2. The van der Waals surface area contributed by atoms with Gasteiger partial charge in [-0.2, -0.15) is 0 Å². The zero-order valence-corrected chi connectivity index (χ0v) is 9.92. The molecule has 1 unspecified atom stereocenters. The molecule has 1 rings (SSSR count).